The highest BCUT2D eigenvalue weighted by molar-refractivity contribution is 7.92. The second-order valence-electron chi connectivity index (χ2n) is 5.26. The highest BCUT2D eigenvalue weighted by Crippen LogP contribution is 2.22. The van der Waals surface area contributed by atoms with E-state index >= 15 is 0 Å². The molecule has 0 spiro atoms. The molecule has 0 saturated carbocycles. The molecule has 0 saturated heterocycles. The molecule has 1 aromatic heterocycles. The van der Waals surface area contributed by atoms with E-state index < -0.39 is 10.0 Å². The Morgan fingerprint density at radius 1 is 1.04 bits per heavy atom. The molecule has 0 aliphatic carbocycles. The first-order valence-corrected chi connectivity index (χ1v) is 9.15. The maximum Gasteiger partial charge on any atom is 0.255 e. The summed E-state index contributed by atoms with van der Waals surface area (Å²) in [5.41, 5.74) is 1.88. The van der Waals surface area contributed by atoms with Gasteiger partial charge in [-0.05, 0) is 36.4 Å². The number of carbonyl (C=O) groups excluding carboxylic acids is 1. The van der Waals surface area contributed by atoms with Crippen molar-refractivity contribution in [1.82, 2.24) is 14.8 Å². The molecule has 0 unspecified atom stereocenters. The third kappa shape index (κ3) is 4.21. The summed E-state index contributed by atoms with van der Waals surface area (Å²) in [5, 5.41) is 6.72. The van der Waals surface area contributed by atoms with Crippen LogP contribution in [0.3, 0.4) is 0 Å². The molecule has 3 aromatic rings. The van der Waals surface area contributed by atoms with Crippen LogP contribution in [0.2, 0.25) is 0 Å². The number of nitrogens with zero attached hydrogens (tertiary/aromatic N) is 3. The summed E-state index contributed by atoms with van der Waals surface area (Å²) < 4.78 is 26.8. The molecule has 0 atom stereocenters. The number of aromatic nitrogens is 3. The summed E-state index contributed by atoms with van der Waals surface area (Å²) >= 11 is 0. The molecule has 25 heavy (non-hydrogen) atoms. The Hall–Kier alpha value is -3.20. The van der Waals surface area contributed by atoms with Crippen LogP contribution >= 0.6 is 0 Å². The van der Waals surface area contributed by atoms with Gasteiger partial charge in [0, 0.05) is 5.56 Å². The lowest BCUT2D eigenvalue weighted by atomic mass is 10.2. The molecule has 1 heterocycles. The zero-order chi connectivity index (χ0) is 17.9. The van der Waals surface area contributed by atoms with Crippen LogP contribution < -0.4 is 10.0 Å². The number of carbonyl (C=O) groups is 1. The van der Waals surface area contributed by atoms with Crippen LogP contribution in [0.15, 0.2) is 61.2 Å². The number of para-hydroxylation sites is 2. The monoisotopic (exact) mass is 357 g/mol. The van der Waals surface area contributed by atoms with Crippen LogP contribution in [0.25, 0.3) is 5.69 Å². The van der Waals surface area contributed by atoms with Gasteiger partial charge < -0.3 is 5.32 Å². The lowest BCUT2D eigenvalue weighted by Gasteiger charge is -2.12. The van der Waals surface area contributed by atoms with Crippen molar-refractivity contribution in [3.8, 4) is 5.69 Å². The summed E-state index contributed by atoms with van der Waals surface area (Å²) in [7, 11) is -3.45. The molecule has 0 aliphatic heterocycles. The van der Waals surface area contributed by atoms with Gasteiger partial charge in [0.1, 0.15) is 12.7 Å². The zero-order valence-corrected chi connectivity index (χ0v) is 14.1. The van der Waals surface area contributed by atoms with Gasteiger partial charge in [0.05, 0.1) is 23.3 Å². The summed E-state index contributed by atoms with van der Waals surface area (Å²) in [6.07, 6.45) is 4.03. The number of hydrogen-bond acceptors (Lipinski definition) is 5. The normalized spacial score (nSPS) is 11.1. The van der Waals surface area contributed by atoms with Gasteiger partial charge in [-0.1, -0.05) is 12.1 Å². The smallest absolute Gasteiger partial charge is 0.255 e. The Morgan fingerprint density at radius 3 is 2.32 bits per heavy atom. The second kappa shape index (κ2) is 6.73. The van der Waals surface area contributed by atoms with Gasteiger partial charge in [0.15, 0.2) is 0 Å². The van der Waals surface area contributed by atoms with Crippen molar-refractivity contribution >= 4 is 27.3 Å². The molecule has 128 valence electrons. The van der Waals surface area contributed by atoms with Crippen molar-refractivity contribution in [3.05, 3.63) is 66.7 Å². The van der Waals surface area contributed by atoms with Crippen LogP contribution in [0.1, 0.15) is 10.4 Å². The Morgan fingerprint density at radius 2 is 1.72 bits per heavy atom. The highest BCUT2D eigenvalue weighted by atomic mass is 32.2. The number of amides is 1. The predicted molar refractivity (Wildman–Crippen MR) is 94.2 cm³/mol. The number of benzene rings is 2. The quantitative estimate of drug-likeness (QED) is 0.725. The minimum absolute atomic E-state index is 0.303. The molecule has 1 amide bonds. The van der Waals surface area contributed by atoms with Gasteiger partial charge in [0.2, 0.25) is 10.0 Å². The number of sulfonamides is 1. The summed E-state index contributed by atoms with van der Waals surface area (Å²) in [5.74, 6) is -0.354. The molecule has 0 radical (unpaired) electrons. The van der Waals surface area contributed by atoms with E-state index in [2.05, 4.69) is 20.1 Å². The SMILES string of the molecule is CS(=O)(=O)Nc1ccccc1NC(=O)c1ccc(-n2cncn2)cc1. The maximum atomic E-state index is 12.4. The summed E-state index contributed by atoms with van der Waals surface area (Å²) in [6, 6.07) is 13.4. The molecule has 3 rings (SSSR count). The molecule has 0 fully saturated rings. The average molecular weight is 357 g/mol. The van der Waals surface area contributed by atoms with Crippen LogP contribution in [-0.4, -0.2) is 35.3 Å². The van der Waals surface area contributed by atoms with Gasteiger partial charge in [-0.15, -0.1) is 0 Å². The Labute approximate surface area is 144 Å². The van der Waals surface area contributed by atoms with Gasteiger partial charge in [-0.25, -0.2) is 18.1 Å². The fourth-order valence-corrected chi connectivity index (χ4v) is 2.76. The summed E-state index contributed by atoms with van der Waals surface area (Å²) in [4.78, 5) is 16.3. The van der Waals surface area contributed by atoms with E-state index in [1.807, 2.05) is 0 Å². The Bertz CT molecular complexity index is 983. The first kappa shape index (κ1) is 16.7. The van der Waals surface area contributed by atoms with Crippen LogP contribution in [0.4, 0.5) is 11.4 Å². The third-order valence-corrected chi connectivity index (χ3v) is 3.87. The summed E-state index contributed by atoms with van der Waals surface area (Å²) in [6.45, 7) is 0. The Balaban J connectivity index is 1.79. The number of hydrogen-bond donors (Lipinski definition) is 2. The molecule has 8 nitrogen and oxygen atoms in total. The van der Waals surface area contributed by atoms with E-state index in [1.54, 1.807) is 59.5 Å². The minimum Gasteiger partial charge on any atom is -0.320 e. The number of nitrogens with one attached hydrogen (secondary N) is 2. The fraction of sp³-hybridized carbons (Fsp3) is 0.0625. The number of anilines is 2. The van der Waals surface area contributed by atoms with E-state index in [4.69, 9.17) is 0 Å². The predicted octanol–water partition coefficient (Wildman–Crippen LogP) is 1.89. The first-order chi connectivity index (χ1) is 11.9. The van der Waals surface area contributed by atoms with Crippen LogP contribution in [0.5, 0.6) is 0 Å². The molecule has 2 N–H and O–H groups in total. The second-order valence-corrected chi connectivity index (χ2v) is 7.01. The lowest BCUT2D eigenvalue weighted by molar-refractivity contribution is 0.102. The number of rotatable bonds is 5. The molecule has 0 bridgehead atoms. The molecule has 9 heteroatoms. The third-order valence-electron chi connectivity index (χ3n) is 3.28. The minimum atomic E-state index is -3.45. The van der Waals surface area contributed by atoms with E-state index in [1.165, 1.54) is 6.33 Å². The van der Waals surface area contributed by atoms with Crippen LogP contribution in [0, 0.1) is 0 Å². The first-order valence-electron chi connectivity index (χ1n) is 7.25. The molecular weight excluding hydrogens is 342 g/mol. The van der Waals surface area contributed by atoms with Crippen molar-refractivity contribution < 1.29 is 13.2 Å². The van der Waals surface area contributed by atoms with Crippen molar-refractivity contribution in [2.75, 3.05) is 16.3 Å². The molecular formula is C16H15N5O3S. The standard InChI is InChI=1S/C16H15N5O3S/c1-25(23,24)20-15-5-3-2-4-14(15)19-16(22)12-6-8-13(9-7-12)21-11-17-10-18-21/h2-11,20H,1H3,(H,19,22). The fourth-order valence-electron chi connectivity index (χ4n) is 2.18. The largest absolute Gasteiger partial charge is 0.320 e. The van der Waals surface area contributed by atoms with E-state index in [9.17, 15) is 13.2 Å². The van der Waals surface area contributed by atoms with Gasteiger partial charge in [-0.2, -0.15) is 5.10 Å². The van der Waals surface area contributed by atoms with Crippen LogP contribution in [-0.2, 0) is 10.0 Å². The van der Waals surface area contributed by atoms with E-state index in [0.717, 1.165) is 11.9 Å². The van der Waals surface area contributed by atoms with Crippen molar-refractivity contribution in [2.24, 2.45) is 0 Å². The van der Waals surface area contributed by atoms with Crippen molar-refractivity contribution in [3.63, 3.8) is 0 Å². The topological polar surface area (TPSA) is 106 Å². The van der Waals surface area contributed by atoms with E-state index in [0.29, 0.717) is 16.9 Å². The van der Waals surface area contributed by atoms with Crippen molar-refractivity contribution in [1.29, 1.82) is 0 Å². The zero-order valence-electron chi connectivity index (χ0n) is 13.2. The molecule has 0 aliphatic rings. The lowest BCUT2D eigenvalue weighted by Crippen LogP contribution is -2.16. The maximum absolute atomic E-state index is 12.4. The van der Waals surface area contributed by atoms with Gasteiger partial charge in [-0.3, -0.25) is 9.52 Å². The van der Waals surface area contributed by atoms with Gasteiger partial charge in [0.25, 0.3) is 5.91 Å². The highest BCUT2D eigenvalue weighted by Gasteiger charge is 2.11. The molecule has 2 aromatic carbocycles. The van der Waals surface area contributed by atoms with E-state index in [-0.39, 0.29) is 5.91 Å². The Kier molecular flexibility index (Phi) is 4.48. The average Bonchev–Trinajstić information content (AvgIpc) is 3.10. The van der Waals surface area contributed by atoms with Gasteiger partial charge >= 0.3 is 0 Å². The van der Waals surface area contributed by atoms with Crippen molar-refractivity contribution in [2.45, 2.75) is 0 Å².